The molecule has 0 aromatic heterocycles. The van der Waals surface area contributed by atoms with Gasteiger partial charge in [-0.15, -0.1) is 6.42 Å². The lowest BCUT2D eigenvalue weighted by Gasteiger charge is -2.03. The number of terminal acetylenes is 1. The molecule has 1 aromatic carbocycles. The van der Waals surface area contributed by atoms with Crippen molar-refractivity contribution < 1.29 is 9.53 Å². The molecule has 0 N–H and O–H groups in total. The van der Waals surface area contributed by atoms with Crippen molar-refractivity contribution >= 4 is 17.6 Å². The highest BCUT2D eigenvalue weighted by molar-refractivity contribution is 6.32. The van der Waals surface area contributed by atoms with E-state index in [1.807, 2.05) is 0 Å². The highest BCUT2D eigenvalue weighted by atomic mass is 35.5. The zero-order valence-corrected chi connectivity index (χ0v) is 8.04. The Morgan fingerprint density at radius 3 is 2.86 bits per heavy atom. The Bertz CT molecular complexity index is 416. The van der Waals surface area contributed by atoms with Crippen LogP contribution in [-0.4, -0.2) is 5.97 Å². The van der Waals surface area contributed by atoms with Gasteiger partial charge in [0.15, 0.2) is 0 Å². The number of hydrogen-bond acceptors (Lipinski definition) is 2. The number of rotatable bonds is 2. The van der Waals surface area contributed by atoms with E-state index in [4.69, 9.17) is 22.8 Å². The van der Waals surface area contributed by atoms with Crippen LogP contribution >= 0.6 is 11.6 Å². The normalized spacial score (nSPS) is 8.86. The molecule has 0 unspecified atom stereocenters. The summed E-state index contributed by atoms with van der Waals surface area (Å²) in [7, 11) is 0. The Morgan fingerprint density at radius 2 is 2.36 bits per heavy atom. The summed E-state index contributed by atoms with van der Waals surface area (Å²) in [6.07, 6.45) is 6.22. The van der Waals surface area contributed by atoms with Crippen LogP contribution in [0.4, 0.5) is 0 Å². The summed E-state index contributed by atoms with van der Waals surface area (Å²) < 4.78 is 4.84. The van der Waals surface area contributed by atoms with Crippen molar-refractivity contribution in [2.24, 2.45) is 0 Å². The lowest BCUT2D eigenvalue weighted by molar-refractivity contribution is -0.128. The van der Waals surface area contributed by atoms with E-state index in [-0.39, 0.29) is 5.75 Å². The first-order chi connectivity index (χ1) is 6.67. The Hall–Kier alpha value is -1.72. The molecule has 0 aliphatic rings. The Balaban J connectivity index is 2.96. The maximum atomic E-state index is 10.8. The third-order valence-electron chi connectivity index (χ3n) is 1.48. The minimum atomic E-state index is -0.555. The van der Waals surface area contributed by atoms with Crippen LogP contribution in [0.2, 0.25) is 5.02 Å². The molecule has 0 fully saturated rings. The predicted molar refractivity (Wildman–Crippen MR) is 55.2 cm³/mol. The molecule has 0 atom stereocenters. The lowest BCUT2D eigenvalue weighted by atomic mass is 10.2. The van der Waals surface area contributed by atoms with Gasteiger partial charge in [0.25, 0.3) is 0 Å². The van der Waals surface area contributed by atoms with Gasteiger partial charge in [-0.1, -0.05) is 24.1 Å². The van der Waals surface area contributed by atoms with Crippen molar-refractivity contribution in [3.05, 3.63) is 41.4 Å². The summed E-state index contributed by atoms with van der Waals surface area (Å²) in [5.41, 5.74) is 0.633. The summed E-state index contributed by atoms with van der Waals surface area (Å²) in [4.78, 5) is 10.8. The van der Waals surface area contributed by atoms with Gasteiger partial charge < -0.3 is 4.74 Å². The van der Waals surface area contributed by atoms with Crippen molar-refractivity contribution in [1.29, 1.82) is 0 Å². The van der Waals surface area contributed by atoms with E-state index in [1.165, 1.54) is 0 Å². The molecular formula is C11H7ClO2. The van der Waals surface area contributed by atoms with Crippen LogP contribution in [0.3, 0.4) is 0 Å². The third kappa shape index (κ3) is 2.38. The molecule has 3 heteroatoms. The Labute approximate surface area is 87.1 Å². The molecule has 0 saturated heterocycles. The average molecular weight is 207 g/mol. The number of esters is 1. The van der Waals surface area contributed by atoms with E-state index < -0.39 is 5.97 Å². The van der Waals surface area contributed by atoms with Crippen LogP contribution in [0, 0.1) is 12.3 Å². The summed E-state index contributed by atoms with van der Waals surface area (Å²) in [5, 5.41) is 0.302. The van der Waals surface area contributed by atoms with Gasteiger partial charge in [0.1, 0.15) is 5.75 Å². The largest absolute Gasteiger partial charge is 0.422 e. The summed E-state index contributed by atoms with van der Waals surface area (Å²) in [6, 6.07) is 4.73. The number of carbonyl (C=O) groups excluding carboxylic acids is 1. The number of ether oxygens (including phenoxy) is 1. The molecule has 0 aliphatic heterocycles. The summed E-state index contributed by atoms with van der Waals surface area (Å²) >= 11 is 5.80. The first-order valence-electron chi connectivity index (χ1n) is 3.77. The lowest BCUT2D eigenvalue weighted by Crippen LogP contribution is -2.03. The molecule has 0 saturated carbocycles. The molecule has 70 valence electrons. The average Bonchev–Trinajstić information content (AvgIpc) is 2.20. The zero-order chi connectivity index (χ0) is 10.6. The van der Waals surface area contributed by atoms with Gasteiger partial charge >= 0.3 is 5.97 Å². The second-order valence-electron chi connectivity index (χ2n) is 2.41. The quantitative estimate of drug-likeness (QED) is 0.322. The molecular weight excluding hydrogens is 200 g/mol. The fraction of sp³-hybridized carbons (Fsp3) is 0. The molecule has 14 heavy (non-hydrogen) atoms. The van der Waals surface area contributed by atoms with E-state index in [1.54, 1.807) is 18.2 Å². The maximum absolute atomic E-state index is 10.8. The number of halogens is 1. The van der Waals surface area contributed by atoms with E-state index >= 15 is 0 Å². The Kier molecular flexibility index (Phi) is 3.33. The smallest absolute Gasteiger partial charge is 0.335 e. The van der Waals surface area contributed by atoms with E-state index in [0.29, 0.717) is 10.6 Å². The predicted octanol–water partition coefficient (Wildman–Crippen LogP) is 2.41. The molecule has 1 rings (SSSR count). The van der Waals surface area contributed by atoms with Gasteiger partial charge in [-0.3, -0.25) is 0 Å². The molecule has 0 bridgehead atoms. The van der Waals surface area contributed by atoms with Crippen molar-refractivity contribution in [1.82, 2.24) is 0 Å². The minimum absolute atomic E-state index is 0.274. The van der Waals surface area contributed by atoms with Crippen molar-refractivity contribution in [2.45, 2.75) is 0 Å². The molecule has 1 aromatic rings. The fourth-order valence-electron chi connectivity index (χ4n) is 0.823. The van der Waals surface area contributed by atoms with E-state index in [2.05, 4.69) is 12.5 Å². The number of hydrogen-bond donors (Lipinski definition) is 0. The topological polar surface area (TPSA) is 26.3 Å². The van der Waals surface area contributed by atoms with Crippen molar-refractivity contribution in [3.63, 3.8) is 0 Å². The van der Waals surface area contributed by atoms with E-state index in [0.717, 1.165) is 6.08 Å². The third-order valence-corrected chi connectivity index (χ3v) is 1.77. The second-order valence-corrected chi connectivity index (χ2v) is 2.82. The van der Waals surface area contributed by atoms with E-state index in [9.17, 15) is 4.79 Å². The summed E-state index contributed by atoms with van der Waals surface area (Å²) in [6.45, 7) is 3.27. The van der Waals surface area contributed by atoms with Crippen LogP contribution in [0.25, 0.3) is 0 Å². The van der Waals surface area contributed by atoms with Gasteiger partial charge in [0.05, 0.1) is 5.02 Å². The molecule has 2 nitrogen and oxygen atoms in total. The first kappa shape index (κ1) is 10.4. The van der Waals surface area contributed by atoms with Crippen LogP contribution in [0.1, 0.15) is 5.56 Å². The summed E-state index contributed by atoms with van der Waals surface area (Å²) in [5.74, 6) is 2.14. The van der Waals surface area contributed by atoms with Gasteiger partial charge in [-0.25, -0.2) is 4.79 Å². The highest BCUT2D eigenvalue weighted by Crippen LogP contribution is 2.25. The fourth-order valence-corrected chi connectivity index (χ4v) is 1.04. The minimum Gasteiger partial charge on any atom is -0.422 e. The monoisotopic (exact) mass is 206 g/mol. The Morgan fingerprint density at radius 1 is 1.64 bits per heavy atom. The molecule has 0 heterocycles. The van der Waals surface area contributed by atoms with Crippen LogP contribution in [0.5, 0.6) is 5.75 Å². The van der Waals surface area contributed by atoms with Crippen LogP contribution in [0.15, 0.2) is 30.9 Å². The first-order valence-corrected chi connectivity index (χ1v) is 4.15. The standard InChI is InChI=1S/C11H7ClO2/c1-3-8-5-6-10(9(12)7-8)14-11(13)4-2/h1,4-7H,2H2. The molecule has 0 amide bonds. The van der Waals surface area contributed by atoms with Crippen LogP contribution in [-0.2, 0) is 4.79 Å². The van der Waals surface area contributed by atoms with Gasteiger partial charge in [-0.05, 0) is 18.2 Å². The second kappa shape index (κ2) is 4.50. The SMILES string of the molecule is C#Cc1ccc(OC(=O)C=C)c(Cl)c1. The number of benzene rings is 1. The molecule has 0 spiro atoms. The molecule has 0 aliphatic carbocycles. The van der Waals surface area contributed by atoms with Crippen LogP contribution < -0.4 is 4.74 Å². The molecule has 0 radical (unpaired) electrons. The number of carbonyl (C=O) groups is 1. The van der Waals surface area contributed by atoms with Crippen molar-refractivity contribution in [2.75, 3.05) is 0 Å². The van der Waals surface area contributed by atoms with Crippen molar-refractivity contribution in [3.8, 4) is 18.1 Å². The zero-order valence-electron chi connectivity index (χ0n) is 7.29. The van der Waals surface area contributed by atoms with Gasteiger partial charge in [0, 0.05) is 11.6 Å². The maximum Gasteiger partial charge on any atom is 0.335 e. The highest BCUT2D eigenvalue weighted by Gasteiger charge is 2.05. The van der Waals surface area contributed by atoms with Gasteiger partial charge in [0.2, 0.25) is 0 Å². The van der Waals surface area contributed by atoms with Gasteiger partial charge in [-0.2, -0.15) is 0 Å².